The highest BCUT2D eigenvalue weighted by atomic mass is 32.1. The Bertz CT molecular complexity index is 1660. The largest absolute Gasteiger partial charge is 0.352 e. The summed E-state index contributed by atoms with van der Waals surface area (Å²) in [6, 6.07) is 8.68. The number of hydrogen-bond acceptors (Lipinski definition) is 5. The van der Waals surface area contributed by atoms with Gasteiger partial charge in [-0.15, -0.1) is 11.3 Å². The molecule has 186 valence electrons. The summed E-state index contributed by atoms with van der Waals surface area (Å²) < 4.78 is 0. The summed E-state index contributed by atoms with van der Waals surface area (Å²) in [5, 5.41) is 9.84. The Hall–Kier alpha value is -3.81. The molecule has 1 aliphatic heterocycles. The maximum atomic E-state index is 4.68. The minimum atomic E-state index is 0.699. The number of likely N-dealkylation sites (tertiary alicyclic amines) is 1. The van der Waals surface area contributed by atoms with E-state index in [4.69, 9.17) is 0 Å². The Morgan fingerprint density at radius 3 is 2.76 bits per heavy atom. The molecule has 5 aromatic heterocycles. The van der Waals surface area contributed by atoms with Gasteiger partial charge in [0.15, 0.2) is 5.65 Å². The number of thiophene rings is 1. The first-order valence-corrected chi connectivity index (χ1v) is 13.5. The van der Waals surface area contributed by atoms with Gasteiger partial charge in [-0.3, -0.25) is 15.0 Å². The fourth-order valence-corrected chi connectivity index (χ4v) is 6.02. The molecule has 0 saturated carbocycles. The number of aryl methyl sites for hydroxylation is 1. The summed E-state index contributed by atoms with van der Waals surface area (Å²) in [6.07, 6.45) is 14.6. The SMILES string of the molecule is C=C/C(=C\C(=C/C)c1cnc2n[nH]c(-c3cc4c(-c5ccc(C)s5)cncc4[nH]3)c2c1)CN1CCCC1. The molecule has 1 aliphatic rings. The average molecular weight is 507 g/mol. The van der Waals surface area contributed by atoms with Crippen LogP contribution in [0.1, 0.15) is 30.2 Å². The summed E-state index contributed by atoms with van der Waals surface area (Å²) >= 11 is 1.78. The van der Waals surface area contributed by atoms with Crippen LogP contribution in [0.2, 0.25) is 0 Å². The van der Waals surface area contributed by atoms with E-state index in [1.54, 1.807) is 11.3 Å². The van der Waals surface area contributed by atoms with Gasteiger partial charge >= 0.3 is 0 Å². The molecule has 6 nitrogen and oxygen atoms in total. The fourth-order valence-electron chi connectivity index (χ4n) is 5.13. The monoisotopic (exact) mass is 506 g/mol. The third-order valence-corrected chi connectivity index (χ3v) is 8.12. The fraction of sp³-hybridized carbons (Fsp3) is 0.233. The van der Waals surface area contributed by atoms with Crippen LogP contribution < -0.4 is 0 Å². The average Bonchev–Trinajstić information content (AvgIpc) is 3.72. The summed E-state index contributed by atoms with van der Waals surface area (Å²) in [5.41, 5.74) is 8.15. The van der Waals surface area contributed by atoms with Crippen molar-refractivity contribution in [3.8, 4) is 21.8 Å². The van der Waals surface area contributed by atoms with Crippen LogP contribution >= 0.6 is 11.3 Å². The molecule has 0 unspecified atom stereocenters. The number of rotatable bonds is 7. The lowest BCUT2D eigenvalue weighted by Gasteiger charge is -2.15. The third kappa shape index (κ3) is 4.56. The standard InChI is InChI=1S/C30H30N6S/c1-4-20(18-36-10-6-7-11-36)12-21(5-2)22-13-24-29(34-35-30(24)32-15-22)26-14-23-25(16-31-17-27(23)33-26)28-9-8-19(3)37-28/h4-5,8-9,12-17,33H,1,6-7,10-11,18H2,2-3H3,(H,32,34,35)/b20-12+,21-5+. The minimum absolute atomic E-state index is 0.699. The highest BCUT2D eigenvalue weighted by Crippen LogP contribution is 2.36. The van der Waals surface area contributed by atoms with Crippen molar-refractivity contribution in [1.82, 2.24) is 30.0 Å². The van der Waals surface area contributed by atoms with E-state index in [-0.39, 0.29) is 0 Å². The van der Waals surface area contributed by atoms with E-state index in [1.807, 2.05) is 24.7 Å². The normalized spacial score (nSPS) is 15.3. The lowest BCUT2D eigenvalue weighted by Crippen LogP contribution is -2.21. The molecule has 0 atom stereocenters. The predicted octanol–water partition coefficient (Wildman–Crippen LogP) is 7.15. The summed E-state index contributed by atoms with van der Waals surface area (Å²) in [5.74, 6) is 0. The molecule has 0 aromatic carbocycles. The van der Waals surface area contributed by atoms with E-state index in [1.165, 1.54) is 28.2 Å². The number of nitrogens with zero attached hydrogens (tertiary/aromatic N) is 4. The molecule has 1 fully saturated rings. The number of aromatic amines is 2. The first-order valence-electron chi connectivity index (χ1n) is 12.7. The van der Waals surface area contributed by atoms with Crippen molar-refractivity contribution < 1.29 is 0 Å². The second kappa shape index (κ2) is 9.92. The van der Waals surface area contributed by atoms with Gasteiger partial charge in [0.25, 0.3) is 0 Å². The molecule has 0 radical (unpaired) electrons. The van der Waals surface area contributed by atoms with Gasteiger partial charge in [-0.1, -0.05) is 24.8 Å². The molecular weight excluding hydrogens is 476 g/mol. The second-order valence-electron chi connectivity index (χ2n) is 9.59. The van der Waals surface area contributed by atoms with Gasteiger partial charge in [-0.2, -0.15) is 5.10 Å². The van der Waals surface area contributed by atoms with E-state index in [0.717, 1.165) is 64.0 Å². The van der Waals surface area contributed by atoms with Crippen molar-refractivity contribution in [2.24, 2.45) is 0 Å². The summed E-state index contributed by atoms with van der Waals surface area (Å²) in [7, 11) is 0. The maximum absolute atomic E-state index is 4.68. The summed E-state index contributed by atoms with van der Waals surface area (Å²) in [6.45, 7) is 11.5. The molecule has 6 heterocycles. The molecule has 6 rings (SSSR count). The summed E-state index contributed by atoms with van der Waals surface area (Å²) in [4.78, 5) is 17.7. The number of fused-ring (bicyclic) bond motifs is 2. The Labute approximate surface area is 220 Å². The van der Waals surface area contributed by atoms with Gasteiger partial charge in [0.2, 0.25) is 0 Å². The zero-order valence-corrected chi connectivity index (χ0v) is 22.0. The van der Waals surface area contributed by atoms with Gasteiger partial charge in [-0.05, 0) is 75.2 Å². The Morgan fingerprint density at radius 1 is 1.14 bits per heavy atom. The molecule has 0 bridgehead atoms. The van der Waals surface area contributed by atoms with Crippen LogP contribution in [-0.4, -0.2) is 49.7 Å². The van der Waals surface area contributed by atoms with E-state index in [2.05, 4.69) is 86.9 Å². The van der Waals surface area contributed by atoms with Gasteiger partial charge in [0.1, 0.15) is 0 Å². The molecule has 0 spiro atoms. The van der Waals surface area contributed by atoms with Gasteiger partial charge in [-0.25, -0.2) is 4.98 Å². The molecular formula is C30H30N6S. The number of H-pyrrole nitrogens is 2. The Morgan fingerprint density at radius 2 is 2.00 bits per heavy atom. The molecule has 0 aliphatic carbocycles. The smallest absolute Gasteiger partial charge is 0.181 e. The van der Waals surface area contributed by atoms with E-state index >= 15 is 0 Å². The van der Waals surface area contributed by atoms with E-state index in [0.29, 0.717) is 5.65 Å². The predicted molar refractivity (Wildman–Crippen MR) is 155 cm³/mol. The van der Waals surface area contributed by atoms with Crippen molar-refractivity contribution in [3.63, 3.8) is 0 Å². The van der Waals surface area contributed by atoms with Crippen LogP contribution in [0.5, 0.6) is 0 Å². The highest BCUT2D eigenvalue weighted by molar-refractivity contribution is 7.15. The van der Waals surface area contributed by atoms with Crippen LogP contribution in [0.15, 0.2) is 73.2 Å². The van der Waals surface area contributed by atoms with Gasteiger partial charge in [0, 0.05) is 50.6 Å². The molecule has 5 aromatic rings. The molecule has 7 heteroatoms. The van der Waals surface area contributed by atoms with Gasteiger partial charge < -0.3 is 4.98 Å². The quantitative estimate of drug-likeness (QED) is 0.230. The highest BCUT2D eigenvalue weighted by Gasteiger charge is 2.16. The van der Waals surface area contributed by atoms with Crippen LogP contribution in [0.4, 0.5) is 0 Å². The molecule has 2 N–H and O–H groups in total. The van der Waals surface area contributed by atoms with E-state index in [9.17, 15) is 0 Å². The lowest BCUT2D eigenvalue weighted by atomic mass is 10.0. The number of allylic oxidation sites excluding steroid dienone is 3. The second-order valence-corrected chi connectivity index (χ2v) is 10.9. The Balaban J connectivity index is 1.38. The van der Waals surface area contributed by atoms with Gasteiger partial charge in [0.05, 0.1) is 23.1 Å². The lowest BCUT2D eigenvalue weighted by molar-refractivity contribution is 0.371. The van der Waals surface area contributed by atoms with Crippen LogP contribution in [0.3, 0.4) is 0 Å². The first kappa shape index (κ1) is 23.6. The van der Waals surface area contributed by atoms with Crippen molar-refractivity contribution in [2.75, 3.05) is 19.6 Å². The van der Waals surface area contributed by atoms with Crippen LogP contribution in [-0.2, 0) is 0 Å². The van der Waals surface area contributed by atoms with Crippen molar-refractivity contribution in [2.45, 2.75) is 26.7 Å². The number of pyridine rings is 2. The van der Waals surface area contributed by atoms with Crippen LogP contribution in [0.25, 0.3) is 49.3 Å². The number of hydrogen-bond donors (Lipinski definition) is 2. The van der Waals surface area contributed by atoms with Crippen LogP contribution in [0, 0.1) is 6.92 Å². The first-order chi connectivity index (χ1) is 18.1. The van der Waals surface area contributed by atoms with Crippen molar-refractivity contribution >= 4 is 38.8 Å². The maximum Gasteiger partial charge on any atom is 0.181 e. The Kier molecular flexibility index (Phi) is 6.32. The third-order valence-electron chi connectivity index (χ3n) is 7.08. The zero-order chi connectivity index (χ0) is 25.4. The van der Waals surface area contributed by atoms with E-state index < -0.39 is 0 Å². The molecule has 1 saturated heterocycles. The molecule has 37 heavy (non-hydrogen) atoms. The zero-order valence-electron chi connectivity index (χ0n) is 21.2. The number of nitrogens with one attached hydrogen (secondary N) is 2. The van der Waals surface area contributed by atoms with Crippen molar-refractivity contribution in [3.05, 3.63) is 83.7 Å². The number of aromatic nitrogens is 5. The van der Waals surface area contributed by atoms with Crippen molar-refractivity contribution in [1.29, 1.82) is 0 Å². The molecule has 0 amide bonds. The minimum Gasteiger partial charge on any atom is -0.352 e. The topological polar surface area (TPSA) is 73.5 Å².